The number of nitrogens with zero attached hydrogens (tertiary/aromatic N) is 1. The molecule has 1 atom stereocenters. The van der Waals surface area contributed by atoms with Gasteiger partial charge in [0.25, 0.3) is 0 Å². The molecule has 1 unspecified atom stereocenters. The normalized spacial score (nSPS) is 12.5. The van der Waals surface area contributed by atoms with E-state index in [-0.39, 0.29) is 13.2 Å². The van der Waals surface area contributed by atoms with E-state index in [1.165, 1.54) is 6.92 Å². The predicted molar refractivity (Wildman–Crippen MR) is 133 cm³/mol. The number of nitrogens with one attached hydrogen (secondary N) is 1. The fourth-order valence-corrected chi connectivity index (χ4v) is 3.92. The molecular formula is C27H28N2O7. The summed E-state index contributed by atoms with van der Waals surface area (Å²) in [6, 6.07) is 20.5. The Hall–Kier alpha value is -3.92. The molecule has 1 aromatic heterocycles. The van der Waals surface area contributed by atoms with Crippen molar-refractivity contribution in [2.45, 2.75) is 39.4 Å². The number of hydrogen-bond donors (Lipinski definition) is 3. The zero-order valence-corrected chi connectivity index (χ0v) is 20.2. The van der Waals surface area contributed by atoms with Crippen LogP contribution in [0, 0.1) is 13.8 Å². The molecule has 0 aliphatic heterocycles. The Kier molecular flexibility index (Phi) is 7.25. The van der Waals surface area contributed by atoms with Gasteiger partial charge in [0.1, 0.15) is 12.4 Å². The summed E-state index contributed by atoms with van der Waals surface area (Å²) in [7, 11) is 0. The summed E-state index contributed by atoms with van der Waals surface area (Å²) in [6.45, 7) is 5.11. The van der Waals surface area contributed by atoms with E-state index < -0.39 is 23.5 Å². The lowest BCUT2D eigenvalue weighted by Gasteiger charge is -2.19. The SMILES string of the molecule is Cc1cc(OCC(C)(O)O)ccc1-c1cccc(COC(c2ccccc2)n2oc(=O)[nH]c2=O)c1C. The van der Waals surface area contributed by atoms with Crippen molar-refractivity contribution in [3.8, 4) is 16.9 Å². The molecule has 0 aliphatic rings. The first-order valence-electron chi connectivity index (χ1n) is 11.4. The first-order chi connectivity index (χ1) is 17.1. The fraction of sp³-hybridized carbons (Fsp3) is 0.259. The number of ether oxygens (including phenoxy) is 2. The molecule has 188 valence electrons. The maximum atomic E-state index is 12.2. The molecule has 0 saturated heterocycles. The van der Waals surface area contributed by atoms with Crippen LogP contribution in [0.4, 0.5) is 0 Å². The van der Waals surface area contributed by atoms with Gasteiger partial charge < -0.3 is 24.2 Å². The maximum Gasteiger partial charge on any atom is 0.440 e. The monoisotopic (exact) mass is 492 g/mol. The molecule has 0 spiro atoms. The van der Waals surface area contributed by atoms with Crippen molar-refractivity contribution in [2.24, 2.45) is 0 Å². The van der Waals surface area contributed by atoms with Crippen molar-refractivity contribution >= 4 is 0 Å². The molecule has 0 fully saturated rings. The summed E-state index contributed by atoms with van der Waals surface area (Å²) in [5.41, 5.74) is 4.79. The van der Waals surface area contributed by atoms with Crippen LogP contribution in [0.15, 0.2) is 80.8 Å². The number of aromatic nitrogens is 2. The van der Waals surface area contributed by atoms with Crippen LogP contribution in [0.2, 0.25) is 0 Å². The molecule has 36 heavy (non-hydrogen) atoms. The lowest BCUT2D eigenvalue weighted by molar-refractivity contribution is -0.165. The highest BCUT2D eigenvalue weighted by molar-refractivity contribution is 5.72. The van der Waals surface area contributed by atoms with Crippen molar-refractivity contribution in [3.05, 3.63) is 110 Å². The molecule has 1 heterocycles. The molecule has 0 saturated carbocycles. The molecule has 4 aromatic rings. The zero-order chi connectivity index (χ0) is 25.9. The van der Waals surface area contributed by atoms with E-state index in [0.29, 0.717) is 11.3 Å². The van der Waals surface area contributed by atoms with Crippen LogP contribution in [-0.4, -0.2) is 32.3 Å². The number of H-pyrrole nitrogens is 1. The van der Waals surface area contributed by atoms with Crippen LogP contribution in [0.25, 0.3) is 11.1 Å². The zero-order valence-electron chi connectivity index (χ0n) is 20.2. The van der Waals surface area contributed by atoms with Crippen LogP contribution in [0.1, 0.15) is 35.4 Å². The van der Waals surface area contributed by atoms with E-state index in [1.54, 1.807) is 18.2 Å². The maximum absolute atomic E-state index is 12.2. The lowest BCUT2D eigenvalue weighted by atomic mass is 9.93. The Morgan fingerprint density at radius 1 is 1.00 bits per heavy atom. The second-order valence-corrected chi connectivity index (χ2v) is 8.78. The minimum atomic E-state index is -1.91. The highest BCUT2D eigenvalue weighted by Gasteiger charge is 2.21. The Morgan fingerprint density at radius 3 is 2.39 bits per heavy atom. The molecule has 3 N–H and O–H groups in total. The molecule has 0 aliphatic carbocycles. The average molecular weight is 493 g/mol. The fourth-order valence-electron chi connectivity index (χ4n) is 3.92. The second-order valence-electron chi connectivity index (χ2n) is 8.78. The van der Waals surface area contributed by atoms with Crippen LogP contribution < -0.4 is 16.2 Å². The molecular weight excluding hydrogens is 464 g/mol. The Morgan fingerprint density at radius 2 is 1.75 bits per heavy atom. The van der Waals surface area contributed by atoms with Crippen molar-refractivity contribution in [1.82, 2.24) is 9.72 Å². The molecule has 4 rings (SSSR count). The minimum absolute atomic E-state index is 0.159. The number of aliphatic hydroxyl groups is 2. The van der Waals surface area contributed by atoms with Crippen LogP contribution >= 0.6 is 0 Å². The number of hydrogen-bond acceptors (Lipinski definition) is 7. The Labute approximate surface area is 207 Å². The average Bonchev–Trinajstić information content (AvgIpc) is 3.17. The van der Waals surface area contributed by atoms with Crippen molar-refractivity contribution in [2.75, 3.05) is 6.61 Å². The Balaban J connectivity index is 1.59. The summed E-state index contributed by atoms with van der Waals surface area (Å²) < 4.78 is 17.5. The van der Waals surface area contributed by atoms with Crippen molar-refractivity contribution in [3.63, 3.8) is 0 Å². The quantitative estimate of drug-likeness (QED) is 0.306. The standard InChI is InChI=1S/C27H28N2O7/c1-17-14-21(35-16-27(3,32)33)12-13-22(17)23-11-7-10-20(18(23)2)15-34-24(19-8-5-4-6-9-19)29-25(30)28-26(31)36-29/h4-14,24,32-33H,15-16H2,1-3H3,(H,28,30,31). The van der Waals surface area contributed by atoms with Gasteiger partial charge in [-0.05, 0) is 60.7 Å². The largest absolute Gasteiger partial charge is 0.488 e. The van der Waals surface area contributed by atoms with Gasteiger partial charge in [-0.25, -0.2) is 14.6 Å². The number of aromatic amines is 1. The van der Waals surface area contributed by atoms with Gasteiger partial charge in [-0.15, -0.1) is 4.74 Å². The first-order valence-corrected chi connectivity index (χ1v) is 11.4. The summed E-state index contributed by atoms with van der Waals surface area (Å²) in [4.78, 5) is 25.9. The van der Waals surface area contributed by atoms with Gasteiger partial charge in [0.15, 0.2) is 12.0 Å². The lowest BCUT2D eigenvalue weighted by Crippen LogP contribution is -2.31. The third-order valence-electron chi connectivity index (χ3n) is 5.73. The molecule has 0 amide bonds. The molecule has 9 heteroatoms. The topological polar surface area (TPSA) is 127 Å². The number of benzene rings is 3. The summed E-state index contributed by atoms with van der Waals surface area (Å²) in [5.74, 6) is -2.23. The van der Waals surface area contributed by atoms with Gasteiger partial charge >= 0.3 is 11.4 Å². The van der Waals surface area contributed by atoms with E-state index in [2.05, 4.69) is 4.98 Å². The van der Waals surface area contributed by atoms with E-state index in [9.17, 15) is 19.8 Å². The highest BCUT2D eigenvalue weighted by atomic mass is 16.6. The minimum Gasteiger partial charge on any atom is -0.488 e. The smallest absolute Gasteiger partial charge is 0.440 e. The molecule has 0 bridgehead atoms. The van der Waals surface area contributed by atoms with Crippen LogP contribution in [-0.2, 0) is 11.3 Å². The Bertz CT molecular complexity index is 1450. The van der Waals surface area contributed by atoms with E-state index >= 15 is 0 Å². The molecule has 9 nitrogen and oxygen atoms in total. The first kappa shape index (κ1) is 25.2. The van der Waals surface area contributed by atoms with Gasteiger partial charge in [0.2, 0.25) is 0 Å². The van der Waals surface area contributed by atoms with Crippen molar-refractivity contribution < 1.29 is 24.2 Å². The summed E-state index contributed by atoms with van der Waals surface area (Å²) in [6.07, 6.45) is -0.928. The summed E-state index contributed by atoms with van der Waals surface area (Å²) in [5, 5.41) is 19.0. The van der Waals surface area contributed by atoms with Crippen LogP contribution in [0.5, 0.6) is 5.75 Å². The van der Waals surface area contributed by atoms with Gasteiger partial charge in [0.05, 0.1) is 6.61 Å². The summed E-state index contributed by atoms with van der Waals surface area (Å²) >= 11 is 0. The second kappa shape index (κ2) is 10.4. The molecule has 0 radical (unpaired) electrons. The highest BCUT2D eigenvalue weighted by Crippen LogP contribution is 2.32. The van der Waals surface area contributed by atoms with E-state index in [1.807, 2.05) is 62.4 Å². The van der Waals surface area contributed by atoms with Gasteiger partial charge in [-0.2, -0.15) is 0 Å². The molecule has 3 aromatic carbocycles. The van der Waals surface area contributed by atoms with Gasteiger partial charge in [-0.1, -0.05) is 54.6 Å². The third kappa shape index (κ3) is 5.83. The van der Waals surface area contributed by atoms with Crippen molar-refractivity contribution in [1.29, 1.82) is 0 Å². The third-order valence-corrected chi connectivity index (χ3v) is 5.73. The van der Waals surface area contributed by atoms with E-state index in [4.69, 9.17) is 14.0 Å². The van der Waals surface area contributed by atoms with Gasteiger partial charge in [0, 0.05) is 5.56 Å². The predicted octanol–water partition coefficient (Wildman–Crippen LogP) is 3.26. The van der Waals surface area contributed by atoms with Crippen LogP contribution in [0.3, 0.4) is 0 Å². The number of aryl methyl sites for hydroxylation is 1. The van der Waals surface area contributed by atoms with E-state index in [0.717, 1.165) is 32.6 Å². The number of rotatable bonds is 9. The van der Waals surface area contributed by atoms with Gasteiger partial charge in [-0.3, -0.25) is 0 Å².